The van der Waals surface area contributed by atoms with E-state index in [0.29, 0.717) is 18.7 Å². The van der Waals surface area contributed by atoms with E-state index < -0.39 is 0 Å². The molecule has 1 aromatic rings. The molecule has 6 heteroatoms. The number of anilines is 1. The number of para-hydroxylation sites is 1. The third-order valence-corrected chi connectivity index (χ3v) is 5.30. The van der Waals surface area contributed by atoms with Crippen molar-refractivity contribution in [3.63, 3.8) is 0 Å². The number of benzene rings is 1. The van der Waals surface area contributed by atoms with Crippen molar-refractivity contribution in [2.75, 3.05) is 19.0 Å². The second-order valence-electron chi connectivity index (χ2n) is 6.37. The monoisotopic (exact) mass is 461 g/mol. The van der Waals surface area contributed by atoms with Crippen LogP contribution in [0.5, 0.6) is 0 Å². The molecule has 25 heavy (non-hydrogen) atoms. The lowest BCUT2D eigenvalue weighted by Crippen LogP contribution is -2.57. The van der Waals surface area contributed by atoms with Crippen LogP contribution in [0.2, 0.25) is 0 Å². The summed E-state index contributed by atoms with van der Waals surface area (Å²) in [6, 6.07) is 8.20. The molecular weight excluding hydrogens is 429 g/mol. The molecule has 1 saturated carbocycles. The predicted molar refractivity (Wildman–Crippen MR) is 115 cm³/mol. The Labute approximate surface area is 168 Å². The van der Waals surface area contributed by atoms with Gasteiger partial charge in [0.15, 0.2) is 5.96 Å². The number of aliphatic imine (C=N–C) groups is 1. The van der Waals surface area contributed by atoms with Crippen molar-refractivity contribution in [2.45, 2.75) is 58.8 Å². The fourth-order valence-corrected chi connectivity index (χ4v) is 3.78. The van der Waals surface area contributed by atoms with Crippen molar-refractivity contribution in [1.29, 1.82) is 0 Å². The molecule has 0 aliphatic heterocycles. The van der Waals surface area contributed by atoms with Crippen LogP contribution in [0.15, 0.2) is 29.3 Å². The maximum atomic E-state index is 6.19. The van der Waals surface area contributed by atoms with Crippen LogP contribution < -0.4 is 11.1 Å². The third-order valence-electron chi connectivity index (χ3n) is 5.30. The molecule has 0 saturated heterocycles. The highest BCUT2D eigenvalue weighted by Gasteiger charge is 2.53. The van der Waals surface area contributed by atoms with E-state index in [1.165, 1.54) is 0 Å². The Morgan fingerprint density at radius 3 is 2.56 bits per heavy atom. The van der Waals surface area contributed by atoms with Gasteiger partial charge < -0.3 is 20.5 Å². The number of rotatable bonds is 8. The van der Waals surface area contributed by atoms with Crippen molar-refractivity contribution in [3.8, 4) is 0 Å². The van der Waals surface area contributed by atoms with E-state index in [2.05, 4.69) is 26.1 Å². The Morgan fingerprint density at radius 2 is 1.96 bits per heavy atom. The Morgan fingerprint density at radius 1 is 1.28 bits per heavy atom. The number of ether oxygens (including phenoxy) is 2. The molecule has 1 aromatic carbocycles. The topological polar surface area (TPSA) is 68.9 Å². The summed E-state index contributed by atoms with van der Waals surface area (Å²) in [5, 5.41) is 3.23. The molecule has 2 atom stereocenters. The molecule has 1 aliphatic rings. The summed E-state index contributed by atoms with van der Waals surface area (Å²) in [4.78, 5) is 4.77. The quantitative estimate of drug-likeness (QED) is 0.347. The summed E-state index contributed by atoms with van der Waals surface area (Å²) in [5.74, 6) is 0.463. The van der Waals surface area contributed by atoms with Gasteiger partial charge in [-0.25, -0.2) is 4.99 Å². The van der Waals surface area contributed by atoms with Crippen molar-refractivity contribution in [3.05, 3.63) is 29.8 Å². The summed E-state index contributed by atoms with van der Waals surface area (Å²) in [6.45, 7) is 7.78. The number of halogens is 1. The number of nitrogens with zero attached hydrogens (tertiary/aromatic N) is 1. The summed E-state index contributed by atoms with van der Waals surface area (Å²) in [5.41, 5.74) is 8.30. The second kappa shape index (κ2) is 10.3. The van der Waals surface area contributed by atoms with Gasteiger partial charge in [-0.1, -0.05) is 32.0 Å². The molecule has 0 aromatic heterocycles. The van der Waals surface area contributed by atoms with Gasteiger partial charge in [-0.05, 0) is 32.3 Å². The first-order valence-electron chi connectivity index (χ1n) is 8.89. The smallest absolute Gasteiger partial charge is 0.193 e. The molecule has 0 radical (unpaired) electrons. The van der Waals surface area contributed by atoms with Crippen LogP contribution in [-0.2, 0) is 16.1 Å². The van der Waals surface area contributed by atoms with Crippen LogP contribution in [0.25, 0.3) is 0 Å². The van der Waals surface area contributed by atoms with Gasteiger partial charge >= 0.3 is 0 Å². The van der Waals surface area contributed by atoms with Gasteiger partial charge in [-0.2, -0.15) is 0 Å². The van der Waals surface area contributed by atoms with Crippen LogP contribution in [0.4, 0.5) is 5.69 Å². The van der Waals surface area contributed by atoms with Gasteiger partial charge in [0.25, 0.3) is 0 Å². The summed E-state index contributed by atoms with van der Waals surface area (Å²) < 4.78 is 11.1. The molecule has 2 rings (SSSR count). The predicted octanol–water partition coefficient (Wildman–Crippen LogP) is 4.16. The van der Waals surface area contributed by atoms with Crippen molar-refractivity contribution in [1.82, 2.24) is 0 Å². The molecule has 1 fully saturated rings. The minimum Gasteiger partial charge on any atom is -0.380 e. The SMILES string of the molecule is CCOC1CC(N=C(N)Nc2ccccc2COC)C1(CC)CC.I. The summed E-state index contributed by atoms with van der Waals surface area (Å²) in [6.07, 6.45) is 3.34. The third kappa shape index (κ3) is 4.86. The zero-order valence-electron chi connectivity index (χ0n) is 15.7. The molecule has 1 aliphatic carbocycles. The highest BCUT2D eigenvalue weighted by molar-refractivity contribution is 14.0. The highest BCUT2D eigenvalue weighted by atomic mass is 127. The van der Waals surface area contributed by atoms with Crippen LogP contribution in [0, 0.1) is 5.41 Å². The minimum atomic E-state index is 0. The molecule has 0 spiro atoms. The lowest BCUT2D eigenvalue weighted by atomic mass is 9.59. The number of methoxy groups -OCH3 is 1. The Balaban J connectivity index is 0.00000312. The zero-order valence-corrected chi connectivity index (χ0v) is 18.1. The van der Waals surface area contributed by atoms with Crippen molar-refractivity contribution >= 4 is 35.6 Å². The molecule has 3 N–H and O–H groups in total. The molecule has 0 bridgehead atoms. The number of nitrogens with one attached hydrogen (secondary N) is 1. The Hall–Kier alpha value is -0.860. The van der Waals surface area contributed by atoms with E-state index in [4.69, 9.17) is 20.2 Å². The lowest BCUT2D eigenvalue weighted by Gasteiger charge is -2.53. The number of nitrogens with two attached hydrogens (primary N) is 1. The maximum absolute atomic E-state index is 6.19. The van der Waals surface area contributed by atoms with Crippen molar-refractivity contribution < 1.29 is 9.47 Å². The molecular formula is C19H32IN3O2. The van der Waals surface area contributed by atoms with Gasteiger partial charge in [0.2, 0.25) is 0 Å². The van der Waals surface area contributed by atoms with Crippen LogP contribution >= 0.6 is 24.0 Å². The molecule has 142 valence electrons. The van der Waals surface area contributed by atoms with Gasteiger partial charge in [-0.15, -0.1) is 24.0 Å². The molecule has 0 amide bonds. The van der Waals surface area contributed by atoms with Crippen LogP contribution in [0.1, 0.15) is 45.6 Å². The number of hydrogen-bond donors (Lipinski definition) is 2. The number of hydrogen-bond acceptors (Lipinski definition) is 3. The van der Waals surface area contributed by atoms with Crippen molar-refractivity contribution in [2.24, 2.45) is 16.1 Å². The minimum absolute atomic E-state index is 0. The van der Waals surface area contributed by atoms with E-state index in [0.717, 1.165) is 37.1 Å². The standard InChI is InChI=1S/C19H31N3O2.HI/c1-5-19(6-2)16(12-17(19)24-7-3)22-18(20)21-15-11-9-8-10-14(15)13-23-4;/h8-11,16-17H,5-7,12-13H2,1-4H3,(H3,20,21,22);1H. The Kier molecular flexibility index (Phi) is 9.16. The fourth-order valence-electron chi connectivity index (χ4n) is 3.78. The highest BCUT2D eigenvalue weighted by Crippen LogP contribution is 2.50. The first-order chi connectivity index (χ1) is 11.6. The van der Waals surface area contributed by atoms with E-state index >= 15 is 0 Å². The fraction of sp³-hybridized carbons (Fsp3) is 0.632. The van der Waals surface area contributed by atoms with Gasteiger partial charge in [-0.3, -0.25) is 0 Å². The normalized spacial score (nSPS) is 22.0. The number of guanidine groups is 1. The maximum Gasteiger partial charge on any atom is 0.193 e. The average molecular weight is 461 g/mol. The molecule has 2 unspecified atom stereocenters. The molecule has 5 nitrogen and oxygen atoms in total. The van der Waals surface area contributed by atoms with E-state index in [-0.39, 0.29) is 35.4 Å². The van der Waals surface area contributed by atoms with Crippen LogP contribution in [0.3, 0.4) is 0 Å². The van der Waals surface area contributed by atoms with Gasteiger partial charge in [0.1, 0.15) is 0 Å². The second-order valence-corrected chi connectivity index (χ2v) is 6.37. The summed E-state index contributed by atoms with van der Waals surface area (Å²) in [7, 11) is 1.69. The van der Waals surface area contributed by atoms with E-state index in [1.54, 1.807) is 7.11 Å². The van der Waals surface area contributed by atoms with E-state index in [9.17, 15) is 0 Å². The van der Waals surface area contributed by atoms with Gasteiger partial charge in [0.05, 0.1) is 18.8 Å². The van der Waals surface area contributed by atoms with E-state index in [1.807, 2.05) is 24.3 Å². The zero-order chi connectivity index (χ0) is 17.6. The lowest BCUT2D eigenvalue weighted by molar-refractivity contribution is -0.126. The average Bonchev–Trinajstić information content (AvgIpc) is 2.57. The molecule has 0 heterocycles. The largest absolute Gasteiger partial charge is 0.380 e. The first-order valence-corrected chi connectivity index (χ1v) is 8.89. The van der Waals surface area contributed by atoms with Gasteiger partial charge in [0, 0.05) is 30.4 Å². The Bertz CT molecular complexity index is 561. The van der Waals surface area contributed by atoms with Crippen LogP contribution in [-0.4, -0.2) is 31.8 Å². The first kappa shape index (κ1) is 22.2. The summed E-state index contributed by atoms with van der Waals surface area (Å²) >= 11 is 0.